The molecule has 3 rings (SSSR count). The van der Waals surface area contributed by atoms with Crippen LogP contribution >= 0.6 is 28.1 Å². The SMILES string of the molecule is Cc1cc(Br)cc(-n2c(=S)[nH]c3cnccc32)c1. The van der Waals surface area contributed by atoms with Gasteiger partial charge in [0.1, 0.15) is 0 Å². The lowest BCUT2D eigenvalue weighted by molar-refractivity contribution is 1.06. The van der Waals surface area contributed by atoms with Crippen LogP contribution in [0.15, 0.2) is 41.1 Å². The van der Waals surface area contributed by atoms with Crippen molar-refractivity contribution in [1.29, 1.82) is 0 Å². The third kappa shape index (κ3) is 1.89. The lowest BCUT2D eigenvalue weighted by atomic mass is 10.2. The molecule has 0 aliphatic rings. The summed E-state index contributed by atoms with van der Waals surface area (Å²) < 4.78 is 3.74. The summed E-state index contributed by atoms with van der Waals surface area (Å²) in [5, 5.41) is 0. The van der Waals surface area contributed by atoms with Crippen LogP contribution in [0.2, 0.25) is 0 Å². The van der Waals surface area contributed by atoms with Crippen LogP contribution < -0.4 is 0 Å². The van der Waals surface area contributed by atoms with E-state index in [9.17, 15) is 0 Å². The molecular formula is C13H10BrN3S. The Balaban J connectivity index is 2.37. The molecule has 2 aromatic heterocycles. The summed E-state index contributed by atoms with van der Waals surface area (Å²) in [6.07, 6.45) is 3.55. The van der Waals surface area contributed by atoms with Gasteiger partial charge in [0, 0.05) is 16.4 Å². The van der Waals surface area contributed by atoms with E-state index in [2.05, 4.69) is 51.0 Å². The van der Waals surface area contributed by atoms with Crippen molar-refractivity contribution in [2.45, 2.75) is 6.92 Å². The minimum Gasteiger partial charge on any atom is -0.329 e. The Kier molecular flexibility index (Phi) is 2.80. The predicted octanol–water partition coefficient (Wildman–Crippen LogP) is 4.15. The first-order valence-electron chi connectivity index (χ1n) is 5.47. The number of pyridine rings is 1. The summed E-state index contributed by atoms with van der Waals surface area (Å²) in [7, 11) is 0. The molecular weight excluding hydrogens is 310 g/mol. The fraction of sp³-hybridized carbons (Fsp3) is 0.0769. The predicted molar refractivity (Wildman–Crippen MR) is 78.7 cm³/mol. The molecule has 0 bridgehead atoms. The molecule has 0 aliphatic carbocycles. The van der Waals surface area contributed by atoms with Crippen molar-refractivity contribution in [2.75, 3.05) is 0 Å². The fourth-order valence-corrected chi connectivity index (χ4v) is 2.97. The number of rotatable bonds is 1. The topological polar surface area (TPSA) is 33.6 Å². The van der Waals surface area contributed by atoms with E-state index in [0.29, 0.717) is 4.77 Å². The van der Waals surface area contributed by atoms with Gasteiger partial charge in [0.2, 0.25) is 0 Å². The molecule has 0 saturated carbocycles. The number of aryl methyl sites for hydroxylation is 1. The van der Waals surface area contributed by atoms with Crippen LogP contribution in [0.5, 0.6) is 0 Å². The Bertz CT molecular complexity index is 768. The van der Waals surface area contributed by atoms with Crippen molar-refractivity contribution < 1.29 is 0 Å². The summed E-state index contributed by atoms with van der Waals surface area (Å²) in [5.74, 6) is 0. The van der Waals surface area contributed by atoms with E-state index in [1.165, 1.54) is 5.56 Å². The molecule has 0 spiro atoms. The molecule has 18 heavy (non-hydrogen) atoms. The van der Waals surface area contributed by atoms with Crippen LogP contribution in [0.25, 0.3) is 16.7 Å². The smallest absolute Gasteiger partial charge is 0.182 e. The van der Waals surface area contributed by atoms with Gasteiger partial charge in [-0.1, -0.05) is 15.9 Å². The lowest BCUT2D eigenvalue weighted by Crippen LogP contribution is -1.94. The van der Waals surface area contributed by atoms with Gasteiger partial charge < -0.3 is 4.98 Å². The number of benzene rings is 1. The van der Waals surface area contributed by atoms with Crippen LogP contribution in [0.4, 0.5) is 0 Å². The first kappa shape index (κ1) is 11.6. The summed E-state index contributed by atoms with van der Waals surface area (Å²) in [6.45, 7) is 2.06. The van der Waals surface area contributed by atoms with Gasteiger partial charge in [-0.3, -0.25) is 9.55 Å². The van der Waals surface area contributed by atoms with Crippen molar-refractivity contribution >= 4 is 39.2 Å². The van der Waals surface area contributed by atoms with Gasteiger partial charge in [0.05, 0.1) is 17.2 Å². The van der Waals surface area contributed by atoms with Crippen molar-refractivity contribution in [3.63, 3.8) is 0 Å². The van der Waals surface area contributed by atoms with E-state index in [1.54, 1.807) is 12.4 Å². The number of imidazole rings is 1. The number of hydrogen-bond donors (Lipinski definition) is 1. The molecule has 90 valence electrons. The van der Waals surface area contributed by atoms with E-state index in [-0.39, 0.29) is 0 Å². The molecule has 0 atom stereocenters. The second-order valence-electron chi connectivity index (χ2n) is 4.15. The number of hydrogen-bond acceptors (Lipinski definition) is 2. The van der Waals surface area contributed by atoms with Crippen LogP contribution in [0.1, 0.15) is 5.56 Å². The van der Waals surface area contributed by atoms with Gasteiger partial charge in [0.25, 0.3) is 0 Å². The highest BCUT2D eigenvalue weighted by molar-refractivity contribution is 9.10. The second kappa shape index (κ2) is 4.33. The third-order valence-corrected chi connectivity index (χ3v) is 3.51. The molecule has 0 fully saturated rings. The van der Waals surface area contributed by atoms with Gasteiger partial charge in [-0.2, -0.15) is 0 Å². The van der Waals surface area contributed by atoms with E-state index in [0.717, 1.165) is 21.2 Å². The quantitative estimate of drug-likeness (QED) is 0.683. The first-order valence-corrected chi connectivity index (χ1v) is 6.67. The molecule has 0 aliphatic heterocycles. The van der Waals surface area contributed by atoms with E-state index < -0.39 is 0 Å². The monoisotopic (exact) mass is 319 g/mol. The summed E-state index contributed by atoms with van der Waals surface area (Å²) in [6, 6.07) is 8.19. The standard InChI is InChI=1S/C13H10BrN3S/c1-8-4-9(14)6-10(5-8)17-12-2-3-15-7-11(12)16-13(17)18/h2-7H,1H3,(H,16,18). The zero-order valence-corrected chi connectivity index (χ0v) is 12.0. The maximum atomic E-state index is 5.39. The molecule has 1 aromatic carbocycles. The largest absolute Gasteiger partial charge is 0.329 e. The molecule has 3 aromatic rings. The highest BCUT2D eigenvalue weighted by Gasteiger charge is 2.07. The number of halogens is 1. The Labute approximate surface area is 118 Å². The molecule has 3 nitrogen and oxygen atoms in total. The van der Waals surface area contributed by atoms with Gasteiger partial charge in [-0.15, -0.1) is 0 Å². The Morgan fingerprint density at radius 1 is 1.33 bits per heavy atom. The van der Waals surface area contributed by atoms with Gasteiger partial charge in [0.15, 0.2) is 4.77 Å². The summed E-state index contributed by atoms with van der Waals surface area (Å²) in [5.41, 5.74) is 4.21. The number of nitrogens with zero attached hydrogens (tertiary/aromatic N) is 2. The highest BCUT2D eigenvalue weighted by atomic mass is 79.9. The maximum absolute atomic E-state index is 5.39. The molecule has 0 radical (unpaired) electrons. The number of aromatic nitrogens is 3. The maximum Gasteiger partial charge on any atom is 0.182 e. The average Bonchev–Trinajstić information content (AvgIpc) is 2.63. The molecule has 1 N–H and O–H groups in total. The number of fused-ring (bicyclic) bond motifs is 1. The third-order valence-electron chi connectivity index (χ3n) is 2.77. The van der Waals surface area contributed by atoms with E-state index >= 15 is 0 Å². The first-order chi connectivity index (χ1) is 8.65. The average molecular weight is 320 g/mol. The van der Waals surface area contributed by atoms with Gasteiger partial charge in [-0.05, 0) is 49.0 Å². The Hall–Kier alpha value is -1.46. The van der Waals surface area contributed by atoms with Crippen molar-refractivity contribution in [1.82, 2.24) is 14.5 Å². The highest BCUT2D eigenvalue weighted by Crippen LogP contribution is 2.23. The Morgan fingerprint density at radius 2 is 2.17 bits per heavy atom. The van der Waals surface area contributed by atoms with Crippen molar-refractivity contribution in [3.05, 3.63) is 51.5 Å². The molecule has 5 heteroatoms. The second-order valence-corrected chi connectivity index (χ2v) is 5.45. The van der Waals surface area contributed by atoms with E-state index in [1.807, 2.05) is 10.6 Å². The van der Waals surface area contributed by atoms with Crippen molar-refractivity contribution in [3.8, 4) is 5.69 Å². The number of H-pyrrole nitrogens is 1. The zero-order valence-electron chi connectivity index (χ0n) is 9.64. The van der Waals surface area contributed by atoms with Crippen LogP contribution in [-0.2, 0) is 0 Å². The summed E-state index contributed by atoms with van der Waals surface area (Å²) in [4.78, 5) is 7.26. The zero-order chi connectivity index (χ0) is 12.7. The normalized spacial score (nSPS) is 11.0. The van der Waals surface area contributed by atoms with E-state index in [4.69, 9.17) is 12.2 Å². The van der Waals surface area contributed by atoms with Crippen LogP contribution in [0, 0.1) is 11.7 Å². The molecule has 0 unspecified atom stereocenters. The molecule has 0 saturated heterocycles. The molecule has 2 heterocycles. The fourth-order valence-electron chi connectivity index (χ4n) is 2.06. The minimum absolute atomic E-state index is 0.676. The molecule has 0 amide bonds. The lowest BCUT2D eigenvalue weighted by Gasteiger charge is -2.06. The van der Waals surface area contributed by atoms with Crippen LogP contribution in [0.3, 0.4) is 0 Å². The minimum atomic E-state index is 0.676. The summed E-state index contributed by atoms with van der Waals surface area (Å²) >= 11 is 8.90. The van der Waals surface area contributed by atoms with Crippen molar-refractivity contribution in [2.24, 2.45) is 0 Å². The number of aromatic amines is 1. The van der Waals surface area contributed by atoms with Gasteiger partial charge >= 0.3 is 0 Å². The Morgan fingerprint density at radius 3 is 2.94 bits per heavy atom. The van der Waals surface area contributed by atoms with Gasteiger partial charge in [-0.25, -0.2) is 0 Å². The van der Waals surface area contributed by atoms with Crippen LogP contribution in [-0.4, -0.2) is 14.5 Å². The number of nitrogens with one attached hydrogen (secondary N) is 1.